The lowest BCUT2D eigenvalue weighted by atomic mass is 10.3. The van der Waals surface area contributed by atoms with Crippen LogP contribution in [-0.4, -0.2) is 11.8 Å². The van der Waals surface area contributed by atoms with Crippen molar-refractivity contribution in [3.63, 3.8) is 0 Å². The lowest BCUT2D eigenvalue weighted by Crippen LogP contribution is -2.23. The van der Waals surface area contributed by atoms with Crippen LogP contribution in [0.2, 0.25) is 10.0 Å². The van der Waals surface area contributed by atoms with E-state index in [-0.39, 0.29) is 5.76 Å². The smallest absolute Gasteiger partial charge is 0.294 e. The molecule has 0 bridgehead atoms. The molecule has 0 unspecified atom stereocenters. The van der Waals surface area contributed by atoms with Crippen LogP contribution in [0.4, 0.5) is 0 Å². The molecule has 2 amide bonds. The molecular weight excluding hydrogens is 253 g/mol. The average molecular weight is 258 g/mol. The second-order valence-electron chi connectivity index (χ2n) is 3.03. The van der Waals surface area contributed by atoms with Crippen molar-refractivity contribution in [2.24, 2.45) is 0 Å². The number of benzene rings is 1. The highest BCUT2D eigenvalue weighted by Gasteiger charge is 2.23. The number of carbonyl (C=O) groups is 2. The molecule has 0 saturated heterocycles. The molecule has 1 heterocycles. The average Bonchev–Trinajstić information content (AvgIpc) is 2.43. The van der Waals surface area contributed by atoms with Crippen LogP contribution in [0.25, 0.3) is 0 Å². The molecule has 0 aromatic heterocycles. The fourth-order valence-corrected chi connectivity index (χ4v) is 1.69. The van der Waals surface area contributed by atoms with E-state index in [1.807, 2.05) is 0 Å². The molecule has 2 rings (SSSR count). The standard InChI is InChI=1S/C10H5Cl2NO3/c11-5-1-6(12)3-7(2-5)16-8-4-9(14)13-10(8)15/h1-4H,(H,13,14,15). The number of ether oxygens (including phenoxy) is 1. The predicted octanol–water partition coefficient (Wildman–Crippen LogP) is 1.91. The zero-order valence-electron chi connectivity index (χ0n) is 7.79. The van der Waals surface area contributed by atoms with E-state index in [4.69, 9.17) is 27.9 Å². The summed E-state index contributed by atoms with van der Waals surface area (Å²) in [6.07, 6.45) is 1.07. The van der Waals surface area contributed by atoms with Crippen molar-refractivity contribution in [2.45, 2.75) is 0 Å². The van der Waals surface area contributed by atoms with Crippen LogP contribution in [0.3, 0.4) is 0 Å². The fraction of sp³-hybridized carbons (Fsp3) is 0. The number of carbonyl (C=O) groups excluding carboxylic acids is 2. The monoisotopic (exact) mass is 257 g/mol. The summed E-state index contributed by atoms with van der Waals surface area (Å²) in [5, 5.41) is 2.82. The van der Waals surface area contributed by atoms with Gasteiger partial charge in [-0.3, -0.25) is 14.9 Å². The number of rotatable bonds is 2. The Morgan fingerprint density at radius 1 is 1.06 bits per heavy atom. The van der Waals surface area contributed by atoms with Crippen molar-refractivity contribution in [2.75, 3.05) is 0 Å². The first-order valence-corrected chi connectivity index (χ1v) is 5.01. The fourth-order valence-electron chi connectivity index (χ4n) is 1.18. The van der Waals surface area contributed by atoms with Crippen molar-refractivity contribution < 1.29 is 14.3 Å². The summed E-state index contributed by atoms with van der Waals surface area (Å²) in [6.45, 7) is 0. The zero-order chi connectivity index (χ0) is 11.7. The van der Waals surface area contributed by atoms with E-state index >= 15 is 0 Å². The second-order valence-corrected chi connectivity index (χ2v) is 3.91. The van der Waals surface area contributed by atoms with Crippen LogP contribution in [0, 0.1) is 0 Å². The van der Waals surface area contributed by atoms with Crippen LogP contribution >= 0.6 is 23.2 Å². The van der Waals surface area contributed by atoms with Crippen LogP contribution in [0.15, 0.2) is 30.0 Å². The molecule has 1 N–H and O–H groups in total. The lowest BCUT2D eigenvalue weighted by molar-refractivity contribution is -0.124. The second kappa shape index (κ2) is 4.15. The van der Waals surface area contributed by atoms with Crippen molar-refractivity contribution in [1.82, 2.24) is 5.32 Å². The van der Waals surface area contributed by atoms with Gasteiger partial charge in [-0.05, 0) is 18.2 Å². The SMILES string of the molecule is O=C1C=C(Oc2cc(Cl)cc(Cl)c2)C(=O)N1. The summed E-state index contributed by atoms with van der Waals surface area (Å²) in [5.74, 6) is -0.869. The van der Waals surface area contributed by atoms with E-state index in [9.17, 15) is 9.59 Å². The lowest BCUT2D eigenvalue weighted by Gasteiger charge is -2.05. The Kier molecular flexibility index (Phi) is 2.85. The summed E-state index contributed by atoms with van der Waals surface area (Å²) >= 11 is 11.5. The van der Waals surface area contributed by atoms with Gasteiger partial charge in [0, 0.05) is 10.0 Å². The Bertz CT molecular complexity index is 491. The van der Waals surface area contributed by atoms with E-state index in [2.05, 4.69) is 5.32 Å². The summed E-state index contributed by atoms with van der Waals surface area (Å²) < 4.78 is 5.18. The van der Waals surface area contributed by atoms with Crippen molar-refractivity contribution in [3.05, 3.63) is 40.1 Å². The molecule has 1 aliphatic heterocycles. The summed E-state index contributed by atoms with van der Waals surface area (Å²) in [4.78, 5) is 22.0. The molecule has 0 atom stereocenters. The first-order valence-electron chi connectivity index (χ1n) is 4.25. The molecule has 0 fully saturated rings. The number of halogens is 2. The van der Waals surface area contributed by atoms with Crippen molar-refractivity contribution in [3.8, 4) is 5.75 Å². The largest absolute Gasteiger partial charge is 0.451 e. The summed E-state index contributed by atoms with van der Waals surface area (Å²) in [5.41, 5.74) is 0. The number of imide groups is 1. The van der Waals surface area contributed by atoms with E-state index in [1.54, 1.807) is 0 Å². The van der Waals surface area contributed by atoms with Gasteiger partial charge in [-0.1, -0.05) is 23.2 Å². The molecule has 1 aromatic rings. The maximum Gasteiger partial charge on any atom is 0.294 e. The first-order chi connectivity index (χ1) is 7.54. The van der Waals surface area contributed by atoms with Crippen molar-refractivity contribution >= 4 is 35.0 Å². The molecule has 0 radical (unpaired) electrons. The number of hydrogen-bond donors (Lipinski definition) is 1. The minimum Gasteiger partial charge on any atom is -0.451 e. The molecule has 0 saturated carbocycles. The molecule has 0 aliphatic carbocycles. The Morgan fingerprint density at radius 3 is 2.19 bits per heavy atom. The van der Waals surface area contributed by atoms with Crippen LogP contribution < -0.4 is 10.1 Å². The van der Waals surface area contributed by atoms with E-state index in [0.29, 0.717) is 15.8 Å². The Balaban J connectivity index is 2.24. The van der Waals surface area contributed by atoms with Gasteiger partial charge in [0.05, 0.1) is 6.08 Å². The molecular formula is C10H5Cl2NO3. The Labute approximate surface area is 101 Å². The van der Waals surface area contributed by atoms with Gasteiger partial charge < -0.3 is 4.74 Å². The first kappa shape index (κ1) is 11.0. The van der Waals surface area contributed by atoms with Crippen molar-refractivity contribution in [1.29, 1.82) is 0 Å². The van der Waals surface area contributed by atoms with Crippen LogP contribution in [0.1, 0.15) is 0 Å². The number of hydrogen-bond acceptors (Lipinski definition) is 3. The third kappa shape index (κ3) is 2.35. The minimum absolute atomic E-state index is 0.0802. The van der Waals surface area contributed by atoms with Gasteiger partial charge >= 0.3 is 0 Å². The Morgan fingerprint density at radius 2 is 1.69 bits per heavy atom. The summed E-state index contributed by atoms with van der Waals surface area (Å²) in [6, 6.07) is 4.51. The topological polar surface area (TPSA) is 55.4 Å². The quantitative estimate of drug-likeness (QED) is 0.824. The normalized spacial score (nSPS) is 14.8. The van der Waals surface area contributed by atoms with E-state index in [0.717, 1.165) is 6.08 Å². The van der Waals surface area contributed by atoms with Gasteiger partial charge in [-0.25, -0.2) is 0 Å². The third-order valence-electron chi connectivity index (χ3n) is 1.79. The van der Waals surface area contributed by atoms with Gasteiger partial charge in [-0.2, -0.15) is 0 Å². The molecule has 6 heteroatoms. The van der Waals surface area contributed by atoms with Gasteiger partial charge in [0.2, 0.25) is 0 Å². The van der Waals surface area contributed by atoms with Gasteiger partial charge in [0.1, 0.15) is 5.75 Å². The highest BCUT2D eigenvalue weighted by Crippen LogP contribution is 2.25. The molecule has 1 aromatic carbocycles. The molecule has 16 heavy (non-hydrogen) atoms. The predicted molar refractivity (Wildman–Crippen MR) is 58.3 cm³/mol. The maximum absolute atomic E-state index is 11.2. The van der Waals surface area contributed by atoms with E-state index in [1.165, 1.54) is 18.2 Å². The maximum atomic E-state index is 11.2. The van der Waals surface area contributed by atoms with Gasteiger partial charge in [0.15, 0.2) is 5.76 Å². The molecule has 1 aliphatic rings. The van der Waals surface area contributed by atoms with Gasteiger partial charge in [-0.15, -0.1) is 0 Å². The molecule has 4 nitrogen and oxygen atoms in total. The highest BCUT2D eigenvalue weighted by molar-refractivity contribution is 6.34. The Hall–Kier alpha value is -1.52. The number of nitrogens with one attached hydrogen (secondary N) is 1. The highest BCUT2D eigenvalue weighted by atomic mass is 35.5. The van der Waals surface area contributed by atoms with Gasteiger partial charge in [0.25, 0.3) is 11.8 Å². The molecule has 0 spiro atoms. The van der Waals surface area contributed by atoms with Crippen LogP contribution in [0.5, 0.6) is 5.75 Å². The number of amides is 2. The van der Waals surface area contributed by atoms with Crippen LogP contribution in [-0.2, 0) is 9.59 Å². The zero-order valence-corrected chi connectivity index (χ0v) is 9.30. The molecule has 82 valence electrons. The minimum atomic E-state index is -0.582. The van der Waals surface area contributed by atoms with E-state index < -0.39 is 11.8 Å². The summed E-state index contributed by atoms with van der Waals surface area (Å²) in [7, 11) is 0. The third-order valence-corrected chi connectivity index (χ3v) is 2.22.